The fraction of sp³-hybridized carbons (Fsp3) is 0.312. The largest absolute Gasteiger partial charge is 0.484 e. The van der Waals surface area contributed by atoms with E-state index in [1.807, 2.05) is 6.07 Å². The molecular formula is C16H17N3O3S. The molecule has 7 heteroatoms. The van der Waals surface area contributed by atoms with Crippen LogP contribution in [0.4, 0.5) is 0 Å². The summed E-state index contributed by atoms with van der Waals surface area (Å²) in [6.07, 6.45) is 1.60. The van der Waals surface area contributed by atoms with E-state index in [1.165, 1.54) is 0 Å². The molecule has 23 heavy (non-hydrogen) atoms. The molecule has 1 fully saturated rings. The van der Waals surface area contributed by atoms with Crippen molar-refractivity contribution < 1.29 is 14.3 Å². The van der Waals surface area contributed by atoms with Crippen molar-refractivity contribution in [2.24, 2.45) is 5.73 Å². The van der Waals surface area contributed by atoms with Crippen molar-refractivity contribution >= 4 is 29.2 Å². The topological polar surface area (TPSA) is 88.6 Å². The van der Waals surface area contributed by atoms with Gasteiger partial charge in [0, 0.05) is 13.1 Å². The average molecular weight is 331 g/mol. The first-order valence-electron chi connectivity index (χ1n) is 7.10. The van der Waals surface area contributed by atoms with Crippen LogP contribution in [0.25, 0.3) is 6.08 Å². The molecular weight excluding hydrogens is 314 g/mol. The standard InChI is InChI=1S/C16H17N3O3S/c17-10-13(16(18)23)9-12-1-3-14(4-2-12)22-11-15(20)19-5-7-21-8-6-19/h1-4,9H,5-8,11H2,(H2,18,23). The van der Waals surface area contributed by atoms with Gasteiger partial charge in [0.2, 0.25) is 0 Å². The lowest BCUT2D eigenvalue weighted by Crippen LogP contribution is -2.42. The Hall–Kier alpha value is -2.43. The predicted octanol–water partition coefficient (Wildman–Crippen LogP) is 1.12. The molecule has 1 saturated heterocycles. The number of morpholine rings is 1. The van der Waals surface area contributed by atoms with Crippen molar-refractivity contribution in [2.75, 3.05) is 32.9 Å². The number of carbonyl (C=O) groups excluding carboxylic acids is 1. The van der Waals surface area contributed by atoms with E-state index in [0.29, 0.717) is 32.1 Å². The maximum absolute atomic E-state index is 12.0. The van der Waals surface area contributed by atoms with E-state index < -0.39 is 0 Å². The summed E-state index contributed by atoms with van der Waals surface area (Å²) in [5.41, 5.74) is 6.47. The first-order chi connectivity index (χ1) is 11.1. The van der Waals surface area contributed by atoms with Gasteiger partial charge >= 0.3 is 0 Å². The highest BCUT2D eigenvalue weighted by atomic mass is 32.1. The number of hydrogen-bond acceptors (Lipinski definition) is 5. The summed E-state index contributed by atoms with van der Waals surface area (Å²) in [5.74, 6) is 0.523. The van der Waals surface area contributed by atoms with Gasteiger partial charge in [0.25, 0.3) is 5.91 Å². The molecule has 0 unspecified atom stereocenters. The number of hydrogen-bond donors (Lipinski definition) is 1. The highest BCUT2D eigenvalue weighted by Gasteiger charge is 2.16. The molecule has 2 rings (SSSR count). The summed E-state index contributed by atoms with van der Waals surface area (Å²) >= 11 is 4.78. The number of carbonyl (C=O) groups is 1. The highest BCUT2D eigenvalue weighted by Crippen LogP contribution is 2.15. The minimum absolute atomic E-state index is 0.00842. The van der Waals surface area contributed by atoms with Gasteiger partial charge in [-0.1, -0.05) is 24.4 Å². The molecule has 120 valence electrons. The molecule has 0 bridgehead atoms. The molecule has 2 N–H and O–H groups in total. The number of benzene rings is 1. The molecule has 0 atom stereocenters. The third-order valence-corrected chi connectivity index (χ3v) is 3.52. The monoisotopic (exact) mass is 331 g/mol. The van der Waals surface area contributed by atoms with Gasteiger partial charge in [-0.3, -0.25) is 4.79 Å². The zero-order chi connectivity index (χ0) is 16.7. The second kappa shape index (κ2) is 8.27. The Balaban J connectivity index is 1.91. The van der Waals surface area contributed by atoms with Gasteiger partial charge in [-0.25, -0.2) is 0 Å². The van der Waals surface area contributed by atoms with Crippen molar-refractivity contribution in [2.45, 2.75) is 0 Å². The molecule has 0 aromatic heterocycles. The van der Waals surface area contributed by atoms with Gasteiger partial charge in [0.1, 0.15) is 16.8 Å². The van der Waals surface area contributed by atoms with Crippen molar-refractivity contribution in [3.8, 4) is 11.8 Å². The van der Waals surface area contributed by atoms with Crippen molar-refractivity contribution in [1.29, 1.82) is 5.26 Å². The minimum Gasteiger partial charge on any atom is -0.484 e. The highest BCUT2D eigenvalue weighted by molar-refractivity contribution is 7.80. The SMILES string of the molecule is N#CC(=Cc1ccc(OCC(=O)N2CCOCC2)cc1)C(N)=S. The maximum Gasteiger partial charge on any atom is 0.260 e. The summed E-state index contributed by atoms with van der Waals surface area (Å²) < 4.78 is 10.7. The van der Waals surface area contributed by atoms with Crippen LogP contribution in [0.2, 0.25) is 0 Å². The quantitative estimate of drug-likeness (QED) is 0.494. The minimum atomic E-state index is -0.0579. The van der Waals surface area contributed by atoms with E-state index in [9.17, 15) is 4.79 Å². The Labute approximate surface area is 140 Å². The Bertz CT molecular complexity index is 644. The van der Waals surface area contributed by atoms with E-state index in [4.69, 9.17) is 32.7 Å². The number of rotatable bonds is 5. The lowest BCUT2D eigenvalue weighted by molar-refractivity contribution is -0.137. The number of ether oxygens (including phenoxy) is 2. The molecule has 1 aliphatic rings. The van der Waals surface area contributed by atoms with Crippen LogP contribution < -0.4 is 10.5 Å². The maximum atomic E-state index is 12.0. The van der Waals surface area contributed by atoms with Crippen LogP contribution in [-0.2, 0) is 9.53 Å². The molecule has 1 heterocycles. The molecule has 0 saturated carbocycles. The van der Waals surface area contributed by atoms with Crippen LogP contribution >= 0.6 is 12.2 Å². The first-order valence-corrected chi connectivity index (χ1v) is 7.51. The van der Waals surface area contributed by atoms with E-state index in [0.717, 1.165) is 5.56 Å². The Morgan fingerprint density at radius 2 is 2.04 bits per heavy atom. The summed E-state index contributed by atoms with van der Waals surface area (Å²) in [6, 6.07) is 8.94. The number of nitrogens with zero attached hydrogens (tertiary/aromatic N) is 2. The molecule has 1 amide bonds. The molecule has 1 aliphatic heterocycles. The fourth-order valence-electron chi connectivity index (χ4n) is 2.03. The van der Waals surface area contributed by atoms with Gasteiger partial charge in [-0.2, -0.15) is 5.26 Å². The van der Waals surface area contributed by atoms with E-state index >= 15 is 0 Å². The van der Waals surface area contributed by atoms with E-state index in [1.54, 1.807) is 35.2 Å². The molecule has 0 radical (unpaired) electrons. The molecule has 6 nitrogen and oxygen atoms in total. The van der Waals surface area contributed by atoms with Crippen LogP contribution in [0.3, 0.4) is 0 Å². The van der Waals surface area contributed by atoms with Crippen LogP contribution in [0, 0.1) is 11.3 Å². The normalized spacial score (nSPS) is 14.9. The smallest absolute Gasteiger partial charge is 0.260 e. The van der Waals surface area contributed by atoms with Gasteiger partial charge in [-0.15, -0.1) is 0 Å². The van der Waals surface area contributed by atoms with E-state index in [-0.39, 0.29) is 23.1 Å². The number of amides is 1. The average Bonchev–Trinajstić information content (AvgIpc) is 2.59. The Kier molecular flexibility index (Phi) is 6.09. The van der Waals surface area contributed by atoms with Gasteiger partial charge in [0.15, 0.2) is 6.61 Å². The van der Waals surface area contributed by atoms with Crippen LogP contribution in [0.5, 0.6) is 5.75 Å². The van der Waals surface area contributed by atoms with Gasteiger partial charge in [-0.05, 0) is 23.8 Å². The zero-order valence-corrected chi connectivity index (χ0v) is 13.3. The van der Waals surface area contributed by atoms with Crippen molar-refractivity contribution in [3.05, 3.63) is 35.4 Å². The van der Waals surface area contributed by atoms with E-state index in [2.05, 4.69) is 0 Å². The van der Waals surface area contributed by atoms with Crippen molar-refractivity contribution in [1.82, 2.24) is 4.90 Å². The molecule has 0 spiro atoms. The van der Waals surface area contributed by atoms with Crippen LogP contribution in [0.15, 0.2) is 29.8 Å². The fourth-order valence-corrected chi connectivity index (χ4v) is 2.14. The van der Waals surface area contributed by atoms with Gasteiger partial charge < -0.3 is 20.1 Å². The Morgan fingerprint density at radius 3 is 2.61 bits per heavy atom. The van der Waals surface area contributed by atoms with Crippen molar-refractivity contribution in [3.63, 3.8) is 0 Å². The Morgan fingerprint density at radius 1 is 1.39 bits per heavy atom. The lowest BCUT2D eigenvalue weighted by Gasteiger charge is -2.26. The second-order valence-electron chi connectivity index (χ2n) is 4.88. The summed E-state index contributed by atoms with van der Waals surface area (Å²) in [6.45, 7) is 2.32. The number of nitrogens with two attached hydrogens (primary N) is 1. The molecule has 1 aromatic carbocycles. The van der Waals surface area contributed by atoms with Crippen LogP contribution in [0.1, 0.15) is 5.56 Å². The van der Waals surface area contributed by atoms with Crippen LogP contribution in [-0.4, -0.2) is 48.7 Å². The first kappa shape index (κ1) is 16.9. The number of thiocarbonyl (C=S) groups is 1. The number of nitriles is 1. The summed E-state index contributed by atoms with van der Waals surface area (Å²) in [7, 11) is 0. The van der Waals surface area contributed by atoms with Gasteiger partial charge in [0.05, 0.1) is 18.8 Å². The molecule has 0 aliphatic carbocycles. The predicted molar refractivity (Wildman–Crippen MR) is 89.7 cm³/mol. The summed E-state index contributed by atoms with van der Waals surface area (Å²) in [4.78, 5) is 13.8. The third-order valence-electron chi connectivity index (χ3n) is 3.30. The molecule has 1 aromatic rings. The summed E-state index contributed by atoms with van der Waals surface area (Å²) in [5, 5.41) is 8.92. The lowest BCUT2D eigenvalue weighted by atomic mass is 10.1. The second-order valence-corrected chi connectivity index (χ2v) is 5.32. The zero-order valence-electron chi connectivity index (χ0n) is 12.5. The third kappa shape index (κ3) is 5.06.